The first kappa shape index (κ1) is 14.1. The van der Waals surface area contributed by atoms with Crippen molar-refractivity contribution in [2.24, 2.45) is 11.7 Å². The van der Waals surface area contributed by atoms with Gasteiger partial charge in [0.1, 0.15) is 4.99 Å². The predicted molar refractivity (Wildman–Crippen MR) is 88.7 cm³/mol. The van der Waals surface area contributed by atoms with Crippen LogP contribution < -0.4 is 10.6 Å². The van der Waals surface area contributed by atoms with Crippen molar-refractivity contribution >= 4 is 34.5 Å². The maximum atomic E-state index is 6.37. The van der Waals surface area contributed by atoms with Gasteiger partial charge in [-0.15, -0.1) is 0 Å². The largest absolute Gasteiger partial charge is 0.389 e. The minimum Gasteiger partial charge on any atom is -0.389 e. The summed E-state index contributed by atoms with van der Waals surface area (Å²) < 4.78 is 0. The molecule has 0 radical (unpaired) electrons. The molecule has 2 aliphatic rings. The lowest BCUT2D eigenvalue weighted by Gasteiger charge is -2.36. The minimum atomic E-state index is 0.396. The second-order valence-corrected chi connectivity index (χ2v) is 6.61. The summed E-state index contributed by atoms with van der Waals surface area (Å²) in [5, 5.41) is 0.742. The van der Waals surface area contributed by atoms with E-state index in [1.54, 1.807) is 0 Å². The van der Waals surface area contributed by atoms with Gasteiger partial charge in [-0.2, -0.15) is 0 Å². The Morgan fingerprint density at radius 1 is 1.25 bits per heavy atom. The van der Waals surface area contributed by atoms with Crippen molar-refractivity contribution in [3.8, 4) is 0 Å². The fraction of sp³-hybridized carbons (Fsp3) is 0.533. The van der Waals surface area contributed by atoms with Crippen molar-refractivity contribution in [2.45, 2.75) is 12.8 Å². The molecular weight excluding hydrogens is 290 g/mol. The zero-order valence-electron chi connectivity index (χ0n) is 11.5. The van der Waals surface area contributed by atoms with E-state index in [1.807, 2.05) is 18.2 Å². The number of halogens is 1. The van der Waals surface area contributed by atoms with Crippen LogP contribution in [0.3, 0.4) is 0 Å². The molecule has 0 unspecified atom stereocenters. The number of nitrogens with zero attached hydrogens (tertiary/aromatic N) is 2. The van der Waals surface area contributed by atoms with Gasteiger partial charge in [0, 0.05) is 38.3 Å². The van der Waals surface area contributed by atoms with Gasteiger partial charge in [0.15, 0.2) is 0 Å². The Balaban J connectivity index is 1.63. The summed E-state index contributed by atoms with van der Waals surface area (Å²) in [7, 11) is 0. The average molecular weight is 310 g/mol. The number of piperazine rings is 1. The molecule has 108 valence electrons. The maximum absolute atomic E-state index is 6.37. The number of rotatable bonds is 4. The molecule has 5 heteroatoms. The molecule has 0 bridgehead atoms. The van der Waals surface area contributed by atoms with Gasteiger partial charge >= 0.3 is 0 Å². The van der Waals surface area contributed by atoms with Gasteiger partial charge in [-0.05, 0) is 37.0 Å². The van der Waals surface area contributed by atoms with Crippen LogP contribution in [0.2, 0.25) is 5.02 Å². The van der Waals surface area contributed by atoms with Crippen LogP contribution in [0.4, 0.5) is 5.69 Å². The molecule has 2 fully saturated rings. The topological polar surface area (TPSA) is 32.5 Å². The average Bonchev–Trinajstić information content (AvgIpc) is 3.24. The van der Waals surface area contributed by atoms with Crippen LogP contribution in [-0.2, 0) is 0 Å². The van der Waals surface area contributed by atoms with Gasteiger partial charge in [0.2, 0.25) is 0 Å². The first-order valence-electron chi connectivity index (χ1n) is 7.20. The van der Waals surface area contributed by atoms with E-state index in [9.17, 15) is 0 Å². The van der Waals surface area contributed by atoms with Crippen molar-refractivity contribution in [1.29, 1.82) is 0 Å². The third-order valence-corrected chi connectivity index (χ3v) is 4.70. The first-order chi connectivity index (χ1) is 9.63. The summed E-state index contributed by atoms with van der Waals surface area (Å²) in [6, 6.07) is 5.86. The van der Waals surface area contributed by atoms with Crippen LogP contribution in [0.15, 0.2) is 18.2 Å². The van der Waals surface area contributed by atoms with E-state index in [1.165, 1.54) is 19.4 Å². The minimum absolute atomic E-state index is 0.396. The Bertz CT molecular complexity index is 508. The fourth-order valence-electron chi connectivity index (χ4n) is 2.75. The monoisotopic (exact) mass is 309 g/mol. The van der Waals surface area contributed by atoms with E-state index >= 15 is 0 Å². The lowest BCUT2D eigenvalue weighted by molar-refractivity contribution is 0.248. The summed E-state index contributed by atoms with van der Waals surface area (Å²) in [4.78, 5) is 5.33. The van der Waals surface area contributed by atoms with Gasteiger partial charge < -0.3 is 10.6 Å². The van der Waals surface area contributed by atoms with E-state index in [0.29, 0.717) is 4.99 Å². The van der Waals surface area contributed by atoms with Crippen molar-refractivity contribution < 1.29 is 0 Å². The van der Waals surface area contributed by atoms with Crippen LogP contribution in [0.25, 0.3) is 0 Å². The quantitative estimate of drug-likeness (QED) is 0.866. The SMILES string of the molecule is NC(=S)c1ccc(N2CCN(CC3CC3)CC2)c(Cl)c1. The van der Waals surface area contributed by atoms with Gasteiger partial charge in [-0.3, -0.25) is 4.90 Å². The molecule has 0 atom stereocenters. The second kappa shape index (κ2) is 5.88. The summed E-state index contributed by atoms with van der Waals surface area (Å²) >= 11 is 11.3. The molecular formula is C15H20ClN3S. The lowest BCUT2D eigenvalue weighted by Crippen LogP contribution is -2.47. The molecule has 1 aliphatic carbocycles. The number of hydrogen-bond acceptors (Lipinski definition) is 3. The smallest absolute Gasteiger partial charge is 0.104 e. The highest BCUT2D eigenvalue weighted by Gasteiger charge is 2.26. The van der Waals surface area contributed by atoms with Crippen molar-refractivity contribution in [3.63, 3.8) is 0 Å². The molecule has 1 saturated carbocycles. The molecule has 1 saturated heterocycles. The molecule has 1 heterocycles. The Hall–Kier alpha value is -0.840. The van der Waals surface area contributed by atoms with Crippen LogP contribution in [-0.4, -0.2) is 42.6 Å². The zero-order valence-corrected chi connectivity index (χ0v) is 13.1. The van der Waals surface area contributed by atoms with Gasteiger partial charge in [-0.1, -0.05) is 23.8 Å². The molecule has 3 nitrogen and oxygen atoms in total. The van der Waals surface area contributed by atoms with Crippen molar-refractivity contribution in [1.82, 2.24) is 4.90 Å². The van der Waals surface area contributed by atoms with E-state index in [2.05, 4.69) is 9.80 Å². The highest BCUT2D eigenvalue weighted by molar-refractivity contribution is 7.80. The summed E-state index contributed by atoms with van der Waals surface area (Å²) in [5.74, 6) is 0.968. The summed E-state index contributed by atoms with van der Waals surface area (Å²) in [5.41, 5.74) is 7.56. The van der Waals surface area contributed by atoms with Gasteiger partial charge in [-0.25, -0.2) is 0 Å². The number of hydrogen-bond donors (Lipinski definition) is 1. The number of thiocarbonyl (C=S) groups is 1. The summed E-state index contributed by atoms with van der Waals surface area (Å²) in [6.45, 7) is 5.62. The number of benzene rings is 1. The molecule has 0 amide bonds. The molecule has 3 rings (SSSR count). The second-order valence-electron chi connectivity index (χ2n) is 5.76. The highest BCUT2D eigenvalue weighted by atomic mass is 35.5. The standard InChI is InChI=1S/C15H20ClN3S/c16-13-9-12(15(17)20)3-4-14(13)19-7-5-18(6-8-19)10-11-1-2-11/h3-4,9,11H,1-2,5-8,10H2,(H2,17,20). The first-order valence-corrected chi connectivity index (χ1v) is 7.99. The van der Waals surface area contributed by atoms with E-state index in [4.69, 9.17) is 29.6 Å². The van der Waals surface area contributed by atoms with Gasteiger partial charge in [0.25, 0.3) is 0 Å². The molecule has 1 aromatic carbocycles. The maximum Gasteiger partial charge on any atom is 0.104 e. The number of anilines is 1. The van der Waals surface area contributed by atoms with Crippen LogP contribution >= 0.6 is 23.8 Å². The molecule has 20 heavy (non-hydrogen) atoms. The van der Waals surface area contributed by atoms with Crippen LogP contribution in [0.1, 0.15) is 18.4 Å². The highest BCUT2D eigenvalue weighted by Crippen LogP contribution is 2.31. The van der Waals surface area contributed by atoms with E-state index in [-0.39, 0.29) is 0 Å². The lowest BCUT2D eigenvalue weighted by atomic mass is 10.1. The molecule has 1 aromatic rings. The Labute approximate surface area is 130 Å². The zero-order chi connectivity index (χ0) is 14.1. The molecule has 1 aliphatic heterocycles. The molecule has 0 aromatic heterocycles. The van der Waals surface area contributed by atoms with Crippen LogP contribution in [0, 0.1) is 5.92 Å². The Kier molecular flexibility index (Phi) is 4.15. The van der Waals surface area contributed by atoms with Crippen molar-refractivity contribution in [3.05, 3.63) is 28.8 Å². The van der Waals surface area contributed by atoms with Crippen molar-refractivity contribution in [2.75, 3.05) is 37.6 Å². The third kappa shape index (κ3) is 3.25. The van der Waals surface area contributed by atoms with E-state index in [0.717, 1.165) is 48.4 Å². The summed E-state index contributed by atoms with van der Waals surface area (Å²) in [6.07, 6.45) is 2.85. The Morgan fingerprint density at radius 2 is 1.95 bits per heavy atom. The third-order valence-electron chi connectivity index (χ3n) is 4.16. The predicted octanol–water partition coefficient (Wildman–Crippen LogP) is 2.51. The van der Waals surface area contributed by atoms with E-state index < -0.39 is 0 Å². The molecule has 0 spiro atoms. The fourth-order valence-corrected chi connectivity index (χ4v) is 3.18. The normalized spacial score (nSPS) is 20.1. The van der Waals surface area contributed by atoms with Gasteiger partial charge in [0.05, 0.1) is 10.7 Å². The Morgan fingerprint density at radius 3 is 2.50 bits per heavy atom. The van der Waals surface area contributed by atoms with Crippen LogP contribution in [0.5, 0.6) is 0 Å². The molecule has 2 N–H and O–H groups in total. The number of nitrogens with two attached hydrogens (primary N) is 1.